The second kappa shape index (κ2) is 9.31. The van der Waals surface area contributed by atoms with Gasteiger partial charge in [-0.1, -0.05) is 24.3 Å². The van der Waals surface area contributed by atoms with Crippen molar-refractivity contribution >= 4 is 28.1 Å². The van der Waals surface area contributed by atoms with Gasteiger partial charge in [-0.05, 0) is 54.1 Å². The van der Waals surface area contributed by atoms with Crippen LogP contribution in [0.4, 0.5) is 5.69 Å². The molecule has 6 nitrogen and oxygen atoms in total. The van der Waals surface area contributed by atoms with Crippen LogP contribution in [0.5, 0.6) is 17.2 Å². The quantitative estimate of drug-likeness (QED) is 0.391. The first-order chi connectivity index (χ1) is 15.6. The summed E-state index contributed by atoms with van der Waals surface area (Å²) >= 11 is 0. The van der Waals surface area contributed by atoms with E-state index in [2.05, 4.69) is 5.32 Å². The third-order valence-corrected chi connectivity index (χ3v) is 5.03. The lowest BCUT2D eigenvalue weighted by Crippen LogP contribution is -2.09. The predicted molar refractivity (Wildman–Crippen MR) is 124 cm³/mol. The number of carbonyl (C=O) groups is 1. The van der Waals surface area contributed by atoms with Crippen molar-refractivity contribution in [2.24, 2.45) is 0 Å². The highest BCUT2D eigenvalue weighted by Gasteiger charge is 2.16. The molecule has 4 aromatic rings. The van der Waals surface area contributed by atoms with Crippen LogP contribution in [0.25, 0.3) is 16.5 Å². The van der Waals surface area contributed by atoms with E-state index in [9.17, 15) is 4.79 Å². The largest absolute Gasteiger partial charge is 0.497 e. The van der Waals surface area contributed by atoms with E-state index in [4.69, 9.17) is 18.6 Å². The van der Waals surface area contributed by atoms with Gasteiger partial charge in [0.25, 0.3) is 0 Å². The summed E-state index contributed by atoms with van der Waals surface area (Å²) in [5.41, 5.74) is 2.73. The summed E-state index contributed by atoms with van der Waals surface area (Å²) in [5.74, 6) is 2.34. The third kappa shape index (κ3) is 4.44. The lowest BCUT2D eigenvalue weighted by atomic mass is 10.0. The van der Waals surface area contributed by atoms with Crippen molar-refractivity contribution in [1.29, 1.82) is 0 Å². The van der Waals surface area contributed by atoms with Crippen molar-refractivity contribution in [3.8, 4) is 17.2 Å². The van der Waals surface area contributed by atoms with Gasteiger partial charge in [0.1, 0.15) is 17.3 Å². The van der Waals surface area contributed by atoms with Crippen LogP contribution >= 0.6 is 0 Å². The molecule has 0 saturated carbocycles. The molecule has 162 valence electrons. The maximum atomic E-state index is 12.9. The number of rotatable bonds is 7. The monoisotopic (exact) mass is 429 g/mol. The summed E-state index contributed by atoms with van der Waals surface area (Å²) in [5, 5.41) is 3.76. The summed E-state index contributed by atoms with van der Waals surface area (Å²) in [6, 6.07) is 22.2. The normalized spacial score (nSPS) is 11.3. The molecule has 0 saturated heterocycles. The van der Waals surface area contributed by atoms with Gasteiger partial charge in [-0.15, -0.1) is 0 Å². The lowest BCUT2D eigenvalue weighted by Gasteiger charge is -2.08. The highest BCUT2D eigenvalue weighted by Crippen LogP contribution is 2.34. The van der Waals surface area contributed by atoms with Crippen LogP contribution < -0.4 is 19.5 Å². The molecule has 0 fully saturated rings. The van der Waals surface area contributed by atoms with Gasteiger partial charge >= 0.3 is 0 Å². The van der Waals surface area contributed by atoms with E-state index in [1.165, 1.54) is 6.08 Å². The van der Waals surface area contributed by atoms with Gasteiger partial charge < -0.3 is 23.9 Å². The van der Waals surface area contributed by atoms with E-state index in [0.717, 1.165) is 16.7 Å². The SMILES string of the molecule is COc1ccc(NC(=O)/C=C(/c2ccc(OC)cc2)c2cc3cccc(OC)c3o2)cc1. The summed E-state index contributed by atoms with van der Waals surface area (Å²) < 4.78 is 22.0. The van der Waals surface area contributed by atoms with Crippen molar-refractivity contribution in [3.63, 3.8) is 0 Å². The van der Waals surface area contributed by atoms with E-state index in [1.807, 2.05) is 48.5 Å². The Morgan fingerprint density at radius 2 is 1.50 bits per heavy atom. The molecule has 1 aromatic heterocycles. The van der Waals surface area contributed by atoms with Crippen molar-refractivity contribution in [2.45, 2.75) is 0 Å². The zero-order valence-corrected chi connectivity index (χ0v) is 18.0. The summed E-state index contributed by atoms with van der Waals surface area (Å²) in [4.78, 5) is 12.9. The number of hydrogen-bond donors (Lipinski definition) is 1. The minimum atomic E-state index is -0.284. The summed E-state index contributed by atoms with van der Waals surface area (Å²) in [7, 11) is 4.80. The zero-order chi connectivity index (χ0) is 22.5. The predicted octanol–water partition coefficient (Wildman–Crippen LogP) is 5.53. The number of benzene rings is 3. The number of amides is 1. The van der Waals surface area contributed by atoms with E-state index in [-0.39, 0.29) is 5.91 Å². The molecule has 32 heavy (non-hydrogen) atoms. The first-order valence-electron chi connectivity index (χ1n) is 9.99. The molecular formula is C26H23NO5. The minimum absolute atomic E-state index is 0.284. The standard InChI is InChI=1S/C26H23NO5/c1-29-20-11-7-17(8-12-20)22(16-25(28)27-19-9-13-21(30-2)14-10-19)24-15-18-5-4-6-23(31-3)26(18)32-24/h4-16H,1-3H3,(H,27,28)/b22-16-. The Labute approximate surface area is 186 Å². The van der Waals surface area contributed by atoms with Gasteiger partial charge in [0.2, 0.25) is 5.91 Å². The molecular weight excluding hydrogens is 406 g/mol. The number of para-hydroxylation sites is 1. The van der Waals surface area contributed by atoms with Crippen molar-refractivity contribution in [2.75, 3.05) is 26.6 Å². The Morgan fingerprint density at radius 1 is 0.844 bits per heavy atom. The molecule has 0 aliphatic heterocycles. The van der Waals surface area contributed by atoms with Gasteiger partial charge in [0.05, 0.1) is 21.3 Å². The maximum Gasteiger partial charge on any atom is 0.249 e. The number of ether oxygens (including phenoxy) is 3. The number of fused-ring (bicyclic) bond motifs is 1. The Morgan fingerprint density at radius 3 is 2.12 bits per heavy atom. The molecule has 1 heterocycles. The van der Waals surface area contributed by atoms with E-state index in [0.29, 0.717) is 34.1 Å². The number of hydrogen-bond acceptors (Lipinski definition) is 5. The van der Waals surface area contributed by atoms with E-state index < -0.39 is 0 Å². The molecule has 1 amide bonds. The molecule has 0 radical (unpaired) electrons. The van der Waals surface area contributed by atoms with Gasteiger partial charge in [0.15, 0.2) is 11.3 Å². The number of anilines is 1. The molecule has 0 bridgehead atoms. The third-order valence-electron chi connectivity index (χ3n) is 5.03. The van der Waals surface area contributed by atoms with Crippen LogP contribution in [0.1, 0.15) is 11.3 Å². The van der Waals surface area contributed by atoms with Crippen LogP contribution in [0.3, 0.4) is 0 Å². The molecule has 0 unspecified atom stereocenters. The van der Waals surface area contributed by atoms with Gasteiger partial charge in [0, 0.05) is 22.7 Å². The second-order valence-electron chi connectivity index (χ2n) is 6.99. The first-order valence-corrected chi connectivity index (χ1v) is 9.99. The molecule has 0 aliphatic carbocycles. The fourth-order valence-corrected chi connectivity index (χ4v) is 3.38. The fraction of sp³-hybridized carbons (Fsp3) is 0.115. The summed E-state index contributed by atoms with van der Waals surface area (Å²) in [6.45, 7) is 0. The molecule has 6 heteroatoms. The van der Waals surface area contributed by atoms with Crippen molar-refractivity contribution in [3.05, 3.63) is 90.2 Å². The topological polar surface area (TPSA) is 69.9 Å². The molecule has 1 N–H and O–H groups in total. The summed E-state index contributed by atoms with van der Waals surface area (Å²) in [6.07, 6.45) is 1.52. The fourth-order valence-electron chi connectivity index (χ4n) is 3.38. The zero-order valence-electron chi connectivity index (χ0n) is 18.0. The Balaban J connectivity index is 1.73. The van der Waals surface area contributed by atoms with Crippen LogP contribution in [0.2, 0.25) is 0 Å². The number of methoxy groups -OCH3 is 3. The minimum Gasteiger partial charge on any atom is -0.497 e. The van der Waals surface area contributed by atoms with Crippen LogP contribution in [-0.2, 0) is 4.79 Å². The molecule has 4 rings (SSSR count). The van der Waals surface area contributed by atoms with Crippen LogP contribution in [0.15, 0.2) is 83.3 Å². The number of nitrogens with one attached hydrogen (secondary N) is 1. The van der Waals surface area contributed by atoms with E-state index in [1.54, 1.807) is 45.6 Å². The Hall–Kier alpha value is -4.19. The Bertz CT molecular complexity index is 1250. The Kier molecular flexibility index (Phi) is 6.12. The van der Waals surface area contributed by atoms with Crippen LogP contribution in [0, 0.1) is 0 Å². The highest BCUT2D eigenvalue weighted by atomic mass is 16.5. The van der Waals surface area contributed by atoms with Crippen molar-refractivity contribution in [1.82, 2.24) is 0 Å². The average molecular weight is 429 g/mol. The number of carbonyl (C=O) groups excluding carboxylic acids is 1. The maximum absolute atomic E-state index is 12.9. The van der Waals surface area contributed by atoms with E-state index >= 15 is 0 Å². The lowest BCUT2D eigenvalue weighted by molar-refractivity contribution is -0.111. The average Bonchev–Trinajstić information content (AvgIpc) is 3.27. The van der Waals surface area contributed by atoms with Crippen LogP contribution in [-0.4, -0.2) is 27.2 Å². The molecule has 0 spiro atoms. The molecule has 0 aliphatic rings. The molecule has 0 atom stereocenters. The van der Waals surface area contributed by atoms with Crippen molar-refractivity contribution < 1.29 is 23.4 Å². The molecule has 3 aromatic carbocycles. The number of furan rings is 1. The first kappa shape index (κ1) is 21.1. The highest BCUT2D eigenvalue weighted by molar-refractivity contribution is 6.06. The van der Waals surface area contributed by atoms with Gasteiger partial charge in [-0.2, -0.15) is 0 Å². The van der Waals surface area contributed by atoms with Gasteiger partial charge in [-0.3, -0.25) is 4.79 Å². The van der Waals surface area contributed by atoms with Gasteiger partial charge in [-0.25, -0.2) is 0 Å². The second-order valence-corrected chi connectivity index (χ2v) is 6.99. The smallest absolute Gasteiger partial charge is 0.249 e.